The third kappa shape index (κ3) is 19.1. The molecule has 0 fully saturated rings. The molecule has 20 heavy (non-hydrogen) atoms. The maximum Gasteiger partial charge on any atom is 0.335 e. The molecule has 0 spiro atoms. The lowest BCUT2D eigenvalue weighted by Crippen LogP contribution is -2.39. The van der Waals surface area contributed by atoms with Gasteiger partial charge >= 0.3 is 11.9 Å². The first-order chi connectivity index (χ1) is 9.29. The van der Waals surface area contributed by atoms with Crippen molar-refractivity contribution in [3.8, 4) is 0 Å². The monoisotopic (exact) mass is 296 g/mol. The predicted octanol–water partition coefficient (Wildman–Crippen LogP) is -0.891. The zero-order valence-corrected chi connectivity index (χ0v) is 12.6. The van der Waals surface area contributed by atoms with Crippen LogP contribution in [0, 0.1) is 0 Å². The Kier molecular flexibility index (Phi) is 21.2. The van der Waals surface area contributed by atoms with Crippen molar-refractivity contribution in [2.75, 3.05) is 26.2 Å². The van der Waals surface area contributed by atoms with Crippen molar-refractivity contribution in [2.24, 2.45) is 0 Å². The van der Waals surface area contributed by atoms with Crippen LogP contribution in [0.2, 0.25) is 0 Å². The molecule has 0 aromatic carbocycles. The summed E-state index contributed by atoms with van der Waals surface area (Å²) in [7, 11) is 0. The molecule has 0 aliphatic carbocycles. The maximum atomic E-state index is 9.77. The van der Waals surface area contributed by atoms with Crippen LogP contribution in [-0.4, -0.2) is 70.8 Å². The van der Waals surface area contributed by atoms with Crippen LogP contribution in [0.5, 0.6) is 0 Å². The van der Waals surface area contributed by atoms with E-state index in [4.69, 9.17) is 20.4 Å². The lowest BCUT2D eigenvalue weighted by molar-refractivity contribution is -0.165. The Morgan fingerprint density at radius 2 is 0.950 bits per heavy atom. The molecule has 8 nitrogen and oxygen atoms in total. The molecule has 0 bridgehead atoms. The average molecular weight is 296 g/mol. The zero-order valence-electron chi connectivity index (χ0n) is 12.6. The number of carboxylic acids is 2. The van der Waals surface area contributed by atoms with Crippen molar-refractivity contribution in [2.45, 2.75) is 39.9 Å². The third-order valence-corrected chi connectivity index (χ3v) is 1.81. The SMILES string of the molecule is CCNCC.CCNCC.O=C(O)C(O)C(O)C(=O)O. The first-order valence-corrected chi connectivity index (χ1v) is 6.53. The van der Waals surface area contributed by atoms with E-state index in [1.165, 1.54) is 0 Å². The van der Waals surface area contributed by atoms with E-state index in [0.717, 1.165) is 26.2 Å². The van der Waals surface area contributed by atoms with Crippen LogP contribution in [-0.2, 0) is 9.59 Å². The summed E-state index contributed by atoms with van der Waals surface area (Å²) in [5.41, 5.74) is 0. The fourth-order valence-electron chi connectivity index (χ4n) is 0.770. The van der Waals surface area contributed by atoms with Crippen molar-refractivity contribution in [1.29, 1.82) is 0 Å². The third-order valence-electron chi connectivity index (χ3n) is 1.81. The van der Waals surface area contributed by atoms with Gasteiger partial charge in [-0.1, -0.05) is 27.7 Å². The molecule has 0 saturated carbocycles. The van der Waals surface area contributed by atoms with Gasteiger partial charge < -0.3 is 31.1 Å². The molecular weight excluding hydrogens is 268 g/mol. The summed E-state index contributed by atoms with van der Waals surface area (Å²) in [5, 5.41) is 38.7. The molecule has 2 unspecified atom stereocenters. The average Bonchev–Trinajstić information content (AvgIpc) is 2.40. The van der Waals surface area contributed by atoms with Gasteiger partial charge in [0.15, 0.2) is 12.2 Å². The van der Waals surface area contributed by atoms with Crippen LogP contribution in [0.3, 0.4) is 0 Å². The molecule has 0 heterocycles. The number of aliphatic hydroxyl groups excluding tert-OH is 2. The van der Waals surface area contributed by atoms with Gasteiger partial charge in [-0.15, -0.1) is 0 Å². The molecule has 8 heteroatoms. The molecule has 0 rings (SSSR count). The second-order valence-electron chi connectivity index (χ2n) is 3.48. The molecule has 6 N–H and O–H groups in total. The van der Waals surface area contributed by atoms with Crippen molar-refractivity contribution in [3.63, 3.8) is 0 Å². The number of hydrogen-bond acceptors (Lipinski definition) is 6. The lowest BCUT2D eigenvalue weighted by atomic mass is 10.2. The Bertz CT molecular complexity index is 210. The van der Waals surface area contributed by atoms with Crippen LogP contribution < -0.4 is 10.6 Å². The second kappa shape index (κ2) is 17.8. The van der Waals surface area contributed by atoms with Crippen molar-refractivity contribution in [1.82, 2.24) is 10.6 Å². The minimum absolute atomic E-state index is 1.09. The minimum Gasteiger partial charge on any atom is -0.479 e. The summed E-state index contributed by atoms with van der Waals surface area (Å²) < 4.78 is 0. The van der Waals surface area contributed by atoms with E-state index in [2.05, 4.69) is 38.3 Å². The van der Waals surface area contributed by atoms with Crippen molar-refractivity contribution >= 4 is 11.9 Å². The Labute approximate surface area is 119 Å². The summed E-state index contributed by atoms with van der Waals surface area (Å²) in [6.45, 7) is 12.8. The van der Waals surface area contributed by atoms with Crippen LogP contribution in [0.1, 0.15) is 27.7 Å². The van der Waals surface area contributed by atoms with Crippen LogP contribution in [0.25, 0.3) is 0 Å². The highest BCUT2D eigenvalue weighted by Crippen LogP contribution is 1.92. The van der Waals surface area contributed by atoms with Gasteiger partial charge in [-0.3, -0.25) is 0 Å². The smallest absolute Gasteiger partial charge is 0.335 e. The highest BCUT2D eigenvalue weighted by Gasteiger charge is 2.29. The highest BCUT2D eigenvalue weighted by molar-refractivity contribution is 5.83. The predicted molar refractivity (Wildman–Crippen MR) is 75.7 cm³/mol. The summed E-state index contributed by atoms with van der Waals surface area (Å²) in [5.74, 6) is -3.54. The largest absolute Gasteiger partial charge is 0.479 e. The molecule has 0 aliphatic heterocycles. The van der Waals surface area contributed by atoms with Crippen LogP contribution >= 0.6 is 0 Å². The summed E-state index contributed by atoms with van der Waals surface area (Å²) in [4.78, 5) is 19.5. The van der Waals surface area contributed by atoms with Gasteiger partial charge in [0.2, 0.25) is 0 Å². The van der Waals surface area contributed by atoms with E-state index in [1.807, 2.05) is 0 Å². The molecule has 0 saturated heterocycles. The first-order valence-electron chi connectivity index (χ1n) is 6.53. The van der Waals surface area contributed by atoms with E-state index in [0.29, 0.717) is 0 Å². The molecular formula is C12H28N2O6. The summed E-state index contributed by atoms with van der Waals surface area (Å²) in [6, 6.07) is 0. The molecule has 122 valence electrons. The molecule has 0 aliphatic rings. The van der Waals surface area contributed by atoms with Gasteiger partial charge in [0, 0.05) is 0 Å². The van der Waals surface area contributed by atoms with Crippen LogP contribution in [0.15, 0.2) is 0 Å². The van der Waals surface area contributed by atoms with Gasteiger partial charge in [0.1, 0.15) is 0 Å². The number of carboxylic acid groups (broad SMARTS) is 2. The second-order valence-corrected chi connectivity index (χ2v) is 3.48. The summed E-state index contributed by atoms with van der Waals surface area (Å²) in [6.07, 6.45) is -4.53. The number of aliphatic carboxylic acids is 2. The van der Waals surface area contributed by atoms with Crippen molar-refractivity contribution in [3.05, 3.63) is 0 Å². The normalized spacial score (nSPS) is 12.1. The van der Waals surface area contributed by atoms with Crippen LogP contribution in [0.4, 0.5) is 0 Å². The first kappa shape index (κ1) is 23.8. The standard InChI is InChI=1S/2C4H11N.C4H6O6/c2*1-3-5-4-2;5-1(3(7)8)2(6)4(9)10/h2*5H,3-4H2,1-2H3;1-2,5-6H,(H,7,8)(H,9,10). The fraction of sp³-hybridized carbons (Fsp3) is 0.833. The molecule has 0 amide bonds. The quantitative estimate of drug-likeness (QED) is 0.355. The number of carbonyl (C=O) groups is 2. The Morgan fingerprint density at radius 3 is 1.00 bits per heavy atom. The fourth-order valence-corrected chi connectivity index (χ4v) is 0.770. The topological polar surface area (TPSA) is 139 Å². The van der Waals surface area contributed by atoms with E-state index >= 15 is 0 Å². The van der Waals surface area contributed by atoms with Gasteiger partial charge in [0.25, 0.3) is 0 Å². The Morgan fingerprint density at radius 1 is 0.750 bits per heavy atom. The van der Waals surface area contributed by atoms with Gasteiger partial charge in [-0.2, -0.15) is 0 Å². The number of nitrogens with one attached hydrogen (secondary N) is 2. The summed E-state index contributed by atoms with van der Waals surface area (Å²) >= 11 is 0. The zero-order chi connectivity index (χ0) is 16.6. The van der Waals surface area contributed by atoms with Gasteiger partial charge in [-0.25, -0.2) is 9.59 Å². The number of hydrogen-bond donors (Lipinski definition) is 6. The Hall–Kier alpha value is -1.22. The van der Waals surface area contributed by atoms with E-state index in [-0.39, 0.29) is 0 Å². The van der Waals surface area contributed by atoms with Gasteiger partial charge in [0.05, 0.1) is 0 Å². The van der Waals surface area contributed by atoms with Gasteiger partial charge in [-0.05, 0) is 26.2 Å². The molecule has 2 atom stereocenters. The Balaban J connectivity index is -0.000000244. The molecule has 0 aromatic heterocycles. The lowest BCUT2D eigenvalue weighted by Gasteiger charge is -2.07. The maximum absolute atomic E-state index is 9.77. The number of aliphatic hydroxyl groups is 2. The van der Waals surface area contributed by atoms with E-state index in [9.17, 15) is 9.59 Å². The molecule has 0 aromatic rings. The number of rotatable bonds is 7. The van der Waals surface area contributed by atoms with E-state index in [1.54, 1.807) is 0 Å². The molecule has 0 radical (unpaired) electrons. The van der Waals surface area contributed by atoms with E-state index < -0.39 is 24.1 Å². The van der Waals surface area contributed by atoms with Crippen molar-refractivity contribution < 1.29 is 30.0 Å². The minimum atomic E-state index is -2.27. The highest BCUT2D eigenvalue weighted by atomic mass is 16.4.